The van der Waals surface area contributed by atoms with E-state index in [0.717, 1.165) is 71.8 Å². The molecule has 202 valence electrons. The lowest BCUT2D eigenvalue weighted by Gasteiger charge is -2.33. The molecular formula is C34H30N6O. The maximum Gasteiger partial charge on any atom is 0.326 e. The van der Waals surface area contributed by atoms with Gasteiger partial charge in [0.2, 0.25) is 0 Å². The first-order valence-electron chi connectivity index (χ1n) is 14.1. The zero-order valence-electron chi connectivity index (χ0n) is 22.7. The van der Waals surface area contributed by atoms with Crippen LogP contribution in [0.25, 0.3) is 11.0 Å². The maximum atomic E-state index is 12.7. The number of imidazole rings is 1. The van der Waals surface area contributed by atoms with Crippen molar-refractivity contribution in [3.63, 3.8) is 0 Å². The van der Waals surface area contributed by atoms with Gasteiger partial charge < -0.3 is 9.88 Å². The van der Waals surface area contributed by atoms with Crippen molar-refractivity contribution in [1.82, 2.24) is 14.5 Å². The molecule has 1 fully saturated rings. The number of nitrogens with one attached hydrogen (secondary N) is 1. The van der Waals surface area contributed by atoms with Gasteiger partial charge in [-0.05, 0) is 66.4 Å². The molecule has 0 atom stereocenters. The van der Waals surface area contributed by atoms with Gasteiger partial charge >= 0.3 is 5.69 Å². The van der Waals surface area contributed by atoms with Crippen LogP contribution in [0.3, 0.4) is 0 Å². The second-order valence-corrected chi connectivity index (χ2v) is 10.8. The molecule has 41 heavy (non-hydrogen) atoms. The maximum absolute atomic E-state index is 12.7. The van der Waals surface area contributed by atoms with E-state index in [1.807, 2.05) is 65.2 Å². The first kappa shape index (κ1) is 25.1. The SMILES string of the molecule is N#Cc1ccc2c(c1)CN(c1ccc(CN3CCC(n4c(=O)[nH]c5ccccc54)CC3)cc1)C(c1ccccc1)=N2. The molecule has 1 N–H and O–H groups in total. The van der Waals surface area contributed by atoms with E-state index in [2.05, 4.69) is 57.3 Å². The number of amidine groups is 1. The van der Waals surface area contributed by atoms with Crippen LogP contribution < -0.4 is 10.6 Å². The Balaban J connectivity index is 1.07. The highest BCUT2D eigenvalue weighted by Gasteiger charge is 2.25. The number of para-hydroxylation sites is 2. The van der Waals surface area contributed by atoms with Gasteiger partial charge in [-0.2, -0.15) is 5.26 Å². The number of aliphatic imine (C=N–C) groups is 1. The highest BCUT2D eigenvalue weighted by atomic mass is 16.1. The van der Waals surface area contributed by atoms with Gasteiger partial charge in [0.15, 0.2) is 0 Å². The fraction of sp³-hybridized carbons (Fsp3) is 0.206. The van der Waals surface area contributed by atoms with Gasteiger partial charge in [-0.1, -0.05) is 54.6 Å². The van der Waals surface area contributed by atoms with E-state index in [1.54, 1.807) is 0 Å². The topological polar surface area (TPSA) is 80.4 Å². The van der Waals surface area contributed by atoms with Crippen LogP contribution in [-0.2, 0) is 13.1 Å². The summed E-state index contributed by atoms with van der Waals surface area (Å²) in [5, 5.41) is 9.41. The Labute approximate surface area is 238 Å². The number of benzene rings is 4. The summed E-state index contributed by atoms with van der Waals surface area (Å²) in [5.74, 6) is 0.908. The first-order chi connectivity index (χ1) is 20.2. The van der Waals surface area contributed by atoms with Gasteiger partial charge in [-0.25, -0.2) is 9.79 Å². The molecule has 5 aromatic rings. The van der Waals surface area contributed by atoms with E-state index in [4.69, 9.17) is 4.99 Å². The van der Waals surface area contributed by atoms with Crippen molar-refractivity contribution in [3.8, 4) is 6.07 Å². The van der Waals surface area contributed by atoms with Gasteiger partial charge in [0.05, 0.1) is 34.9 Å². The number of rotatable bonds is 5. The van der Waals surface area contributed by atoms with Crippen LogP contribution in [0.5, 0.6) is 0 Å². The Hall–Kier alpha value is -4.93. The van der Waals surface area contributed by atoms with Crippen molar-refractivity contribution in [2.24, 2.45) is 4.99 Å². The molecule has 1 saturated heterocycles. The van der Waals surface area contributed by atoms with Crippen LogP contribution in [0.15, 0.2) is 107 Å². The largest absolute Gasteiger partial charge is 0.326 e. The van der Waals surface area contributed by atoms with Crippen LogP contribution >= 0.6 is 0 Å². The first-order valence-corrected chi connectivity index (χ1v) is 14.1. The molecule has 0 amide bonds. The number of piperidine rings is 1. The molecule has 0 unspecified atom stereocenters. The van der Waals surface area contributed by atoms with Crippen LogP contribution in [0.4, 0.5) is 11.4 Å². The summed E-state index contributed by atoms with van der Waals surface area (Å²) < 4.78 is 1.95. The number of hydrogen-bond acceptors (Lipinski definition) is 5. The number of nitrogens with zero attached hydrogens (tertiary/aromatic N) is 5. The fourth-order valence-electron chi connectivity index (χ4n) is 6.14. The van der Waals surface area contributed by atoms with Crippen molar-refractivity contribution in [1.29, 1.82) is 5.26 Å². The van der Waals surface area contributed by atoms with Gasteiger partial charge in [0, 0.05) is 36.9 Å². The van der Waals surface area contributed by atoms with Crippen molar-refractivity contribution in [2.45, 2.75) is 32.0 Å². The molecule has 0 spiro atoms. The molecule has 7 nitrogen and oxygen atoms in total. The van der Waals surface area contributed by atoms with Crippen molar-refractivity contribution in [3.05, 3.63) is 130 Å². The minimum Gasteiger partial charge on any atom is -0.321 e. The van der Waals surface area contributed by atoms with Crippen molar-refractivity contribution >= 4 is 28.2 Å². The normalized spacial score (nSPS) is 15.9. The van der Waals surface area contributed by atoms with E-state index in [0.29, 0.717) is 12.1 Å². The standard InChI is InChI=1S/C34H30N6O/c35-21-25-12-15-30-27(20-25)23-39(33(36-30)26-6-2-1-3-7-26)28-13-10-24(11-14-28)22-38-18-16-29(17-19-38)40-32-9-5-4-8-31(32)37-34(40)41/h1-15,20,29H,16-19,22-23H2,(H,37,41). The second kappa shape index (κ2) is 10.6. The average Bonchev–Trinajstić information content (AvgIpc) is 3.37. The number of aromatic nitrogens is 2. The van der Waals surface area contributed by atoms with Gasteiger partial charge in [-0.15, -0.1) is 0 Å². The molecule has 1 aromatic heterocycles. The Bertz CT molecular complexity index is 1840. The summed E-state index contributed by atoms with van der Waals surface area (Å²) in [6, 6.07) is 35.1. The fourth-order valence-corrected chi connectivity index (χ4v) is 6.14. The lowest BCUT2D eigenvalue weighted by atomic mass is 10.0. The predicted molar refractivity (Wildman–Crippen MR) is 163 cm³/mol. The van der Waals surface area contributed by atoms with Crippen molar-refractivity contribution < 1.29 is 0 Å². The average molecular weight is 539 g/mol. The molecule has 0 saturated carbocycles. The number of aromatic amines is 1. The predicted octanol–water partition coefficient (Wildman–Crippen LogP) is 6.14. The smallest absolute Gasteiger partial charge is 0.321 e. The molecular weight excluding hydrogens is 508 g/mol. The van der Waals surface area contributed by atoms with Crippen LogP contribution in [0, 0.1) is 11.3 Å². The van der Waals surface area contributed by atoms with E-state index in [-0.39, 0.29) is 11.7 Å². The number of H-pyrrole nitrogens is 1. The van der Waals surface area contributed by atoms with E-state index in [9.17, 15) is 10.1 Å². The summed E-state index contributed by atoms with van der Waals surface area (Å²) in [7, 11) is 0. The van der Waals surface area contributed by atoms with E-state index >= 15 is 0 Å². The minimum absolute atomic E-state index is 0.0113. The molecule has 3 heterocycles. The molecule has 2 aliphatic rings. The van der Waals surface area contributed by atoms with Crippen LogP contribution in [0.2, 0.25) is 0 Å². The molecule has 7 heteroatoms. The number of fused-ring (bicyclic) bond motifs is 2. The third-order valence-electron chi connectivity index (χ3n) is 8.25. The molecule has 4 aromatic carbocycles. The Morgan fingerprint density at radius 1 is 0.902 bits per heavy atom. The monoisotopic (exact) mass is 538 g/mol. The number of nitriles is 1. The summed E-state index contributed by atoms with van der Waals surface area (Å²) in [4.78, 5) is 25.4. The van der Waals surface area contributed by atoms with Gasteiger partial charge in [0.1, 0.15) is 5.84 Å². The van der Waals surface area contributed by atoms with Crippen LogP contribution in [-0.4, -0.2) is 33.4 Å². The third-order valence-corrected chi connectivity index (χ3v) is 8.25. The zero-order valence-corrected chi connectivity index (χ0v) is 22.7. The second-order valence-electron chi connectivity index (χ2n) is 10.8. The van der Waals surface area contributed by atoms with Crippen LogP contribution in [0.1, 0.15) is 41.1 Å². The van der Waals surface area contributed by atoms with E-state index < -0.39 is 0 Å². The summed E-state index contributed by atoms with van der Waals surface area (Å²) in [6.45, 7) is 3.43. The lowest BCUT2D eigenvalue weighted by Crippen LogP contribution is -2.36. The highest BCUT2D eigenvalue weighted by Crippen LogP contribution is 2.33. The number of anilines is 1. The summed E-state index contributed by atoms with van der Waals surface area (Å²) in [6.07, 6.45) is 1.91. The van der Waals surface area contributed by atoms with E-state index in [1.165, 1.54) is 5.56 Å². The molecule has 0 radical (unpaired) electrons. The zero-order chi connectivity index (χ0) is 27.8. The minimum atomic E-state index is -0.0113. The van der Waals surface area contributed by atoms with Crippen molar-refractivity contribution in [2.75, 3.05) is 18.0 Å². The number of hydrogen-bond donors (Lipinski definition) is 1. The van der Waals surface area contributed by atoms with Gasteiger partial charge in [0.25, 0.3) is 0 Å². The Morgan fingerprint density at radius 3 is 2.44 bits per heavy atom. The molecule has 7 rings (SSSR count). The lowest BCUT2D eigenvalue weighted by molar-refractivity contribution is 0.180. The highest BCUT2D eigenvalue weighted by molar-refractivity contribution is 6.12. The molecule has 0 bridgehead atoms. The molecule has 2 aliphatic heterocycles. The Morgan fingerprint density at radius 2 is 1.66 bits per heavy atom. The number of likely N-dealkylation sites (tertiary alicyclic amines) is 1. The molecule has 0 aliphatic carbocycles. The quantitative estimate of drug-likeness (QED) is 0.292. The summed E-state index contributed by atoms with van der Waals surface area (Å²) in [5.41, 5.74) is 7.89. The summed E-state index contributed by atoms with van der Waals surface area (Å²) >= 11 is 0. The Kier molecular flexibility index (Phi) is 6.46. The third kappa shape index (κ3) is 4.83. The van der Waals surface area contributed by atoms with Gasteiger partial charge in [-0.3, -0.25) is 9.47 Å².